The summed E-state index contributed by atoms with van der Waals surface area (Å²) in [5.74, 6) is 0.172. The van der Waals surface area contributed by atoms with E-state index in [1.165, 1.54) is 5.56 Å². The van der Waals surface area contributed by atoms with Gasteiger partial charge < -0.3 is 10.6 Å². The van der Waals surface area contributed by atoms with Crippen molar-refractivity contribution in [1.29, 1.82) is 0 Å². The first kappa shape index (κ1) is 12.1. The van der Waals surface area contributed by atoms with Crippen LogP contribution in [0.2, 0.25) is 0 Å². The molecule has 1 unspecified atom stereocenters. The van der Waals surface area contributed by atoms with Gasteiger partial charge in [0.15, 0.2) is 0 Å². The number of amides is 1. The molecule has 4 nitrogen and oxygen atoms in total. The second kappa shape index (κ2) is 5.29. The molecule has 1 aromatic rings. The minimum atomic E-state index is 0.147. The first-order valence-corrected chi connectivity index (χ1v) is 5.95. The van der Waals surface area contributed by atoms with E-state index in [-0.39, 0.29) is 11.9 Å². The van der Waals surface area contributed by atoms with E-state index in [2.05, 4.69) is 17.0 Å². The Hall–Kier alpha value is -1.39. The monoisotopic (exact) mass is 233 g/mol. The molecule has 0 aromatic heterocycles. The second-order valence-corrected chi connectivity index (χ2v) is 4.45. The zero-order chi connectivity index (χ0) is 12.3. The summed E-state index contributed by atoms with van der Waals surface area (Å²) in [6, 6.07) is 10.3. The molecular formula is C13H19N3O. The van der Waals surface area contributed by atoms with Gasteiger partial charge in [-0.25, -0.2) is 0 Å². The summed E-state index contributed by atoms with van der Waals surface area (Å²) in [5, 5.41) is 0. The third-order valence-corrected chi connectivity index (χ3v) is 3.34. The molecule has 2 N–H and O–H groups in total. The Morgan fingerprint density at radius 1 is 1.29 bits per heavy atom. The molecule has 0 bridgehead atoms. The second-order valence-electron chi connectivity index (χ2n) is 4.45. The fourth-order valence-electron chi connectivity index (χ4n) is 2.21. The van der Waals surface area contributed by atoms with E-state index >= 15 is 0 Å². The molecule has 1 aliphatic rings. The first-order chi connectivity index (χ1) is 8.22. The molecule has 0 spiro atoms. The highest BCUT2D eigenvalue weighted by Crippen LogP contribution is 2.20. The Labute approximate surface area is 102 Å². The molecule has 0 saturated carbocycles. The number of hydrogen-bond donors (Lipinski definition) is 1. The third kappa shape index (κ3) is 2.65. The molecular weight excluding hydrogens is 214 g/mol. The van der Waals surface area contributed by atoms with Gasteiger partial charge in [0, 0.05) is 32.7 Å². The number of hydrogen-bond acceptors (Lipinski definition) is 3. The quantitative estimate of drug-likeness (QED) is 0.825. The van der Waals surface area contributed by atoms with Gasteiger partial charge in [0.05, 0.1) is 6.54 Å². The van der Waals surface area contributed by atoms with Crippen LogP contribution in [0.3, 0.4) is 0 Å². The number of piperazine rings is 1. The van der Waals surface area contributed by atoms with Crippen molar-refractivity contribution >= 4 is 5.91 Å². The highest BCUT2D eigenvalue weighted by molar-refractivity contribution is 5.78. The minimum Gasteiger partial charge on any atom is -0.343 e. The maximum absolute atomic E-state index is 11.7. The van der Waals surface area contributed by atoms with Gasteiger partial charge in [0.2, 0.25) is 5.91 Å². The molecule has 17 heavy (non-hydrogen) atoms. The van der Waals surface area contributed by atoms with E-state index in [9.17, 15) is 4.79 Å². The van der Waals surface area contributed by atoms with Gasteiger partial charge in [-0.15, -0.1) is 0 Å². The van der Waals surface area contributed by atoms with E-state index in [4.69, 9.17) is 5.73 Å². The van der Waals surface area contributed by atoms with Crippen LogP contribution in [0.4, 0.5) is 0 Å². The van der Waals surface area contributed by atoms with Crippen LogP contribution in [0.25, 0.3) is 0 Å². The number of benzene rings is 1. The summed E-state index contributed by atoms with van der Waals surface area (Å²) in [6.45, 7) is 2.68. The van der Waals surface area contributed by atoms with Crippen molar-refractivity contribution in [3.8, 4) is 0 Å². The van der Waals surface area contributed by atoms with Crippen molar-refractivity contribution in [2.24, 2.45) is 5.73 Å². The van der Waals surface area contributed by atoms with E-state index in [1.807, 2.05) is 25.2 Å². The molecule has 4 heteroatoms. The van der Waals surface area contributed by atoms with E-state index in [0.717, 1.165) is 13.1 Å². The van der Waals surface area contributed by atoms with Crippen LogP contribution >= 0.6 is 0 Å². The normalized spacial score (nSPS) is 19.4. The zero-order valence-corrected chi connectivity index (χ0v) is 10.2. The smallest absolute Gasteiger partial charge is 0.236 e. The number of carbonyl (C=O) groups is 1. The lowest BCUT2D eigenvalue weighted by Crippen LogP contribution is -2.50. The van der Waals surface area contributed by atoms with Crippen LogP contribution in [0, 0.1) is 0 Å². The maximum atomic E-state index is 11.7. The first-order valence-electron chi connectivity index (χ1n) is 5.95. The highest BCUT2D eigenvalue weighted by atomic mass is 16.2. The Bertz CT molecular complexity index is 380. The van der Waals surface area contributed by atoms with E-state index in [0.29, 0.717) is 13.1 Å². The fraction of sp³-hybridized carbons (Fsp3) is 0.462. The Morgan fingerprint density at radius 3 is 2.59 bits per heavy atom. The summed E-state index contributed by atoms with van der Waals surface area (Å²) in [4.78, 5) is 15.6. The zero-order valence-electron chi connectivity index (χ0n) is 10.2. The Kier molecular flexibility index (Phi) is 3.76. The Balaban J connectivity index is 2.12. The van der Waals surface area contributed by atoms with Crippen LogP contribution in [0.1, 0.15) is 11.6 Å². The molecule has 1 saturated heterocycles. The predicted molar refractivity (Wildman–Crippen MR) is 67.4 cm³/mol. The molecule has 0 radical (unpaired) electrons. The summed E-state index contributed by atoms with van der Waals surface area (Å²) in [7, 11) is 1.85. The van der Waals surface area contributed by atoms with Crippen LogP contribution in [0.5, 0.6) is 0 Å². The predicted octanol–water partition coefficient (Wildman–Crippen LogP) is 0.460. The molecule has 92 valence electrons. The van der Waals surface area contributed by atoms with E-state index in [1.54, 1.807) is 4.90 Å². The van der Waals surface area contributed by atoms with Gasteiger partial charge >= 0.3 is 0 Å². The number of nitrogens with two attached hydrogens (primary N) is 1. The van der Waals surface area contributed by atoms with Crippen LogP contribution < -0.4 is 5.73 Å². The molecule has 2 rings (SSSR count). The summed E-state index contributed by atoms with van der Waals surface area (Å²) < 4.78 is 0. The Morgan fingerprint density at radius 2 is 2.00 bits per heavy atom. The van der Waals surface area contributed by atoms with Crippen molar-refractivity contribution < 1.29 is 4.79 Å². The number of nitrogens with zero attached hydrogens (tertiary/aromatic N) is 2. The van der Waals surface area contributed by atoms with E-state index < -0.39 is 0 Å². The average molecular weight is 233 g/mol. The average Bonchev–Trinajstić information content (AvgIpc) is 2.36. The standard InChI is InChI=1S/C13H19N3O/c1-15-7-8-16(10-13(15)17)12(9-14)11-5-3-2-4-6-11/h2-6,12H,7-10,14H2,1H3. The third-order valence-electron chi connectivity index (χ3n) is 3.34. The van der Waals surface area contributed by atoms with Gasteiger partial charge in [-0.05, 0) is 5.56 Å². The molecule has 1 fully saturated rings. The van der Waals surface area contributed by atoms with Gasteiger partial charge in [-0.3, -0.25) is 9.69 Å². The lowest BCUT2D eigenvalue weighted by atomic mass is 10.0. The lowest BCUT2D eigenvalue weighted by Gasteiger charge is -2.37. The SMILES string of the molecule is CN1CCN(C(CN)c2ccccc2)CC1=O. The molecule has 0 aliphatic carbocycles. The topological polar surface area (TPSA) is 49.6 Å². The molecule has 1 amide bonds. The van der Waals surface area contributed by atoms with Crippen LogP contribution in [-0.4, -0.2) is 48.9 Å². The molecule has 1 atom stereocenters. The van der Waals surface area contributed by atoms with Crippen molar-refractivity contribution in [3.63, 3.8) is 0 Å². The van der Waals surface area contributed by atoms with Crippen molar-refractivity contribution in [2.75, 3.05) is 33.2 Å². The van der Waals surface area contributed by atoms with Crippen LogP contribution in [-0.2, 0) is 4.79 Å². The largest absolute Gasteiger partial charge is 0.343 e. The number of likely N-dealkylation sites (N-methyl/N-ethyl adjacent to an activating group) is 1. The van der Waals surface area contributed by atoms with Crippen molar-refractivity contribution in [3.05, 3.63) is 35.9 Å². The van der Waals surface area contributed by atoms with Crippen LogP contribution in [0.15, 0.2) is 30.3 Å². The van der Waals surface area contributed by atoms with Gasteiger partial charge in [-0.1, -0.05) is 30.3 Å². The fourth-order valence-corrected chi connectivity index (χ4v) is 2.21. The summed E-state index contributed by atoms with van der Waals surface area (Å²) >= 11 is 0. The number of rotatable bonds is 3. The van der Waals surface area contributed by atoms with Crippen molar-refractivity contribution in [2.45, 2.75) is 6.04 Å². The molecule has 1 aliphatic heterocycles. The highest BCUT2D eigenvalue weighted by Gasteiger charge is 2.26. The van der Waals surface area contributed by atoms with Gasteiger partial charge in [0.1, 0.15) is 0 Å². The summed E-state index contributed by atoms with van der Waals surface area (Å²) in [6.07, 6.45) is 0. The van der Waals surface area contributed by atoms with Gasteiger partial charge in [-0.2, -0.15) is 0 Å². The maximum Gasteiger partial charge on any atom is 0.236 e. The molecule has 1 heterocycles. The van der Waals surface area contributed by atoms with Gasteiger partial charge in [0.25, 0.3) is 0 Å². The summed E-state index contributed by atoms with van der Waals surface area (Å²) in [5.41, 5.74) is 7.04. The minimum absolute atomic E-state index is 0.147. The lowest BCUT2D eigenvalue weighted by molar-refractivity contribution is -0.135. The molecule has 1 aromatic carbocycles. The number of carbonyl (C=O) groups excluding carboxylic acids is 1. The van der Waals surface area contributed by atoms with Crippen molar-refractivity contribution in [1.82, 2.24) is 9.80 Å².